The maximum Gasteiger partial charge on any atom is 0.227 e. The molecule has 146 valence electrons. The first-order valence-corrected chi connectivity index (χ1v) is 9.83. The SMILES string of the molecule is CC(=O)N1C[C@H]2CN(C(=O)Cc3ccccc3O)C[C@H]2[C@@H]1c1ccccc1C. The van der Waals surface area contributed by atoms with Crippen molar-refractivity contribution in [2.75, 3.05) is 19.6 Å². The molecule has 0 aliphatic carbocycles. The van der Waals surface area contributed by atoms with Crippen molar-refractivity contribution < 1.29 is 14.7 Å². The Morgan fingerprint density at radius 2 is 1.75 bits per heavy atom. The minimum absolute atomic E-state index is 0.0200. The zero-order valence-electron chi connectivity index (χ0n) is 16.3. The number of hydrogen-bond donors (Lipinski definition) is 1. The Balaban J connectivity index is 1.55. The average molecular weight is 378 g/mol. The standard InChI is InChI=1S/C23H26N2O3/c1-15-7-3-5-9-19(15)23-20-14-24(12-18(20)13-25(23)16(2)26)22(28)11-17-8-4-6-10-21(17)27/h3-10,18,20,23,27H,11-14H2,1-2H3/t18-,20-,23+/m1/s1. The molecular formula is C23H26N2O3. The van der Waals surface area contributed by atoms with Gasteiger partial charge in [-0.1, -0.05) is 42.5 Å². The van der Waals surface area contributed by atoms with Crippen molar-refractivity contribution in [3.05, 3.63) is 65.2 Å². The second kappa shape index (κ2) is 7.30. The largest absolute Gasteiger partial charge is 0.508 e. The summed E-state index contributed by atoms with van der Waals surface area (Å²) in [6, 6.07) is 15.2. The van der Waals surface area contributed by atoms with E-state index in [1.165, 1.54) is 11.1 Å². The Labute approximate surface area is 165 Å². The summed E-state index contributed by atoms with van der Waals surface area (Å²) in [5.74, 6) is 0.833. The van der Waals surface area contributed by atoms with Crippen molar-refractivity contribution >= 4 is 11.8 Å². The van der Waals surface area contributed by atoms with Crippen molar-refractivity contribution in [2.45, 2.75) is 26.3 Å². The van der Waals surface area contributed by atoms with Crippen LogP contribution in [-0.2, 0) is 16.0 Å². The smallest absolute Gasteiger partial charge is 0.227 e. The van der Waals surface area contributed by atoms with Crippen LogP contribution in [0.4, 0.5) is 0 Å². The van der Waals surface area contributed by atoms with Crippen molar-refractivity contribution in [3.63, 3.8) is 0 Å². The van der Waals surface area contributed by atoms with Crippen LogP contribution >= 0.6 is 0 Å². The van der Waals surface area contributed by atoms with E-state index in [4.69, 9.17) is 0 Å². The average Bonchev–Trinajstić information content (AvgIpc) is 3.22. The Morgan fingerprint density at radius 3 is 2.46 bits per heavy atom. The first-order chi connectivity index (χ1) is 13.5. The van der Waals surface area contributed by atoms with Gasteiger partial charge in [0.1, 0.15) is 5.75 Å². The van der Waals surface area contributed by atoms with Crippen LogP contribution in [0.25, 0.3) is 0 Å². The second-order valence-corrected chi connectivity index (χ2v) is 8.00. The summed E-state index contributed by atoms with van der Waals surface area (Å²) in [5, 5.41) is 9.97. The third kappa shape index (κ3) is 3.26. The molecule has 0 unspecified atom stereocenters. The summed E-state index contributed by atoms with van der Waals surface area (Å²) >= 11 is 0. The van der Waals surface area contributed by atoms with Crippen LogP contribution in [0.15, 0.2) is 48.5 Å². The number of aromatic hydroxyl groups is 1. The molecule has 2 aromatic rings. The molecular weight excluding hydrogens is 352 g/mol. The topological polar surface area (TPSA) is 60.9 Å². The Morgan fingerprint density at radius 1 is 1.04 bits per heavy atom. The number of phenols is 1. The van der Waals surface area contributed by atoms with Gasteiger partial charge in [-0.05, 0) is 24.1 Å². The van der Waals surface area contributed by atoms with Crippen LogP contribution in [0.2, 0.25) is 0 Å². The van der Waals surface area contributed by atoms with Gasteiger partial charge in [-0.3, -0.25) is 9.59 Å². The lowest BCUT2D eigenvalue weighted by molar-refractivity contribution is -0.131. The molecule has 2 saturated heterocycles. The van der Waals surface area contributed by atoms with Gasteiger partial charge in [0.05, 0.1) is 12.5 Å². The zero-order chi connectivity index (χ0) is 19.8. The molecule has 0 spiro atoms. The summed E-state index contributed by atoms with van der Waals surface area (Å²) in [6.45, 7) is 5.73. The third-order valence-corrected chi connectivity index (χ3v) is 6.26. The molecule has 5 nitrogen and oxygen atoms in total. The number of benzene rings is 2. The van der Waals surface area contributed by atoms with Crippen LogP contribution in [0.1, 0.15) is 29.7 Å². The Kier molecular flexibility index (Phi) is 4.84. The van der Waals surface area contributed by atoms with E-state index in [2.05, 4.69) is 19.1 Å². The lowest BCUT2D eigenvalue weighted by Crippen LogP contribution is -2.37. The van der Waals surface area contributed by atoms with E-state index in [0.29, 0.717) is 31.1 Å². The van der Waals surface area contributed by atoms with E-state index in [9.17, 15) is 14.7 Å². The van der Waals surface area contributed by atoms with Crippen molar-refractivity contribution in [1.29, 1.82) is 0 Å². The quantitative estimate of drug-likeness (QED) is 0.893. The van der Waals surface area contributed by atoms with Gasteiger partial charge < -0.3 is 14.9 Å². The minimum atomic E-state index is 0.0200. The predicted octanol–water partition coefficient (Wildman–Crippen LogP) is 2.92. The van der Waals surface area contributed by atoms with Crippen LogP contribution in [0, 0.1) is 18.8 Å². The number of nitrogens with zero attached hydrogens (tertiary/aromatic N) is 2. The summed E-state index contributed by atoms with van der Waals surface area (Å²) in [6.07, 6.45) is 0.206. The maximum absolute atomic E-state index is 12.9. The number of hydrogen-bond acceptors (Lipinski definition) is 3. The molecule has 1 N–H and O–H groups in total. The first kappa shape index (κ1) is 18.5. The highest BCUT2D eigenvalue weighted by molar-refractivity contribution is 5.80. The van der Waals surface area contributed by atoms with Crippen LogP contribution in [0.5, 0.6) is 5.75 Å². The highest BCUT2D eigenvalue weighted by Crippen LogP contribution is 2.45. The molecule has 2 amide bonds. The second-order valence-electron chi connectivity index (χ2n) is 8.00. The van der Waals surface area contributed by atoms with E-state index in [0.717, 1.165) is 0 Å². The molecule has 2 aromatic carbocycles. The predicted molar refractivity (Wildman–Crippen MR) is 107 cm³/mol. The minimum Gasteiger partial charge on any atom is -0.508 e. The molecule has 2 aliphatic heterocycles. The number of aryl methyl sites for hydroxylation is 1. The molecule has 2 heterocycles. The van der Waals surface area contributed by atoms with E-state index < -0.39 is 0 Å². The lowest BCUT2D eigenvalue weighted by atomic mass is 9.87. The monoisotopic (exact) mass is 378 g/mol. The zero-order valence-corrected chi connectivity index (χ0v) is 16.3. The number of rotatable bonds is 3. The maximum atomic E-state index is 12.9. The highest BCUT2D eigenvalue weighted by atomic mass is 16.3. The fourth-order valence-corrected chi connectivity index (χ4v) is 4.82. The van der Waals surface area contributed by atoms with Gasteiger partial charge in [0.2, 0.25) is 11.8 Å². The summed E-state index contributed by atoms with van der Waals surface area (Å²) < 4.78 is 0. The summed E-state index contributed by atoms with van der Waals surface area (Å²) in [4.78, 5) is 29.0. The molecule has 3 atom stereocenters. The van der Waals surface area contributed by atoms with Crippen molar-refractivity contribution in [3.8, 4) is 5.75 Å². The van der Waals surface area contributed by atoms with E-state index in [1.54, 1.807) is 25.1 Å². The van der Waals surface area contributed by atoms with E-state index >= 15 is 0 Å². The molecule has 4 rings (SSSR count). The van der Waals surface area contributed by atoms with Crippen LogP contribution < -0.4 is 0 Å². The van der Waals surface area contributed by atoms with Gasteiger partial charge >= 0.3 is 0 Å². The summed E-state index contributed by atoms with van der Waals surface area (Å²) in [5.41, 5.74) is 3.02. The van der Waals surface area contributed by atoms with Gasteiger partial charge in [0.25, 0.3) is 0 Å². The molecule has 28 heavy (non-hydrogen) atoms. The van der Waals surface area contributed by atoms with Gasteiger partial charge in [-0.2, -0.15) is 0 Å². The molecule has 0 aromatic heterocycles. The molecule has 2 fully saturated rings. The molecule has 5 heteroatoms. The van der Waals surface area contributed by atoms with Crippen molar-refractivity contribution in [2.24, 2.45) is 11.8 Å². The summed E-state index contributed by atoms with van der Waals surface area (Å²) in [7, 11) is 0. The molecule has 0 bridgehead atoms. The molecule has 0 saturated carbocycles. The third-order valence-electron chi connectivity index (χ3n) is 6.26. The number of fused-ring (bicyclic) bond motifs is 1. The van der Waals surface area contributed by atoms with Gasteiger partial charge in [0, 0.05) is 44.0 Å². The van der Waals surface area contributed by atoms with Crippen molar-refractivity contribution in [1.82, 2.24) is 9.80 Å². The van der Waals surface area contributed by atoms with Gasteiger partial charge in [0.15, 0.2) is 0 Å². The number of phenolic OH excluding ortho intramolecular Hbond substituents is 1. The van der Waals surface area contributed by atoms with E-state index in [-0.39, 0.29) is 35.9 Å². The molecule has 0 radical (unpaired) electrons. The number of carbonyl (C=O) groups excluding carboxylic acids is 2. The van der Waals surface area contributed by atoms with Crippen LogP contribution in [0.3, 0.4) is 0 Å². The fourth-order valence-electron chi connectivity index (χ4n) is 4.82. The first-order valence-electron chi connectivity index (χ1n) is 9.83. The Hall–Kier alpha value is -2.82. The number of likely N-dealkylation sites (tertiary alicyclic amines) is 2. The number of carbonyl (C=O) groups is 2. The number of amides is 2. The van der Waals surface area contributed by atoms with E-state index in [1.807, 2.05) is 28.0 Å². The normalized spacial score (nSPS) is 23.7. The highest BCUT2D eigenvalue weighted by Gasteiger charge is 2.49. The molecule has 2 aliphatic rings. The van der Waals surface area contributed by atoms with Gasteiger partial charge in [-0.25, -0.2) is 0 Å². The Bertz CT molecular complexity index is 910. The number of para-hydroxylation sites is 1. The lowest BCUT2D eigenvalue weighted by Gasteiger charge is -2.30. The fraction of sp³-hybridized carbons (Fsp3) is 0.391. The van der Waals surface area contributed by atoms with Crippen LogP contribution in [-0.4, -0.2) is 46.4 Å². The van der Waals surface area contributed by atoms with Gasteiger partial charge in [-0.15, -0.1) is 0 Å².